The normalized spacial score (nSPS) is 27.2. The Kier molecular flexibility index (Phi) is 5.28. The Labute approximate surface area is 124 Å². The van der Waals surface area contributed by atoms with Crippen LogP contribution in [0.2, 0.25) is 0 Å². The highest BCUT2D eigenvalue weighted by atomic mass is 79.9. The molecule has 106 valence electrons. The van der Waals surface area contributed by atoms with Crippen molar-refractivity contribution in [1.29, 1.82) is 0 Å². The molecule has 1 aliphatic carbocycles. The first-order valence-corrected chi connectivity index (χ1v) is 8.12. The van der Waals surface area contributed by atoms with Crippen LogP contribution in [0.15, 0.2) is 24.3 Å². The minimum atomic E-state index is 0.0254. The van der Waals surface area contributed by atoms with Gasteiger partial charge in [0.15, 0.2) is 0 Å². The molecule has 1 aromatic rings. The second-order valence-corrected chi connectivity index (χ2v) is 6.22. The van der Waals surface area contributed by atoms with Crippen LogP contribution in [-0.4, -0.2) is 18.0 Å². The average molecular weight is 327 g/mol. The zero-order valence-electron chi connectivity index (χ0n) is 11.8. The molecule has 19 heavy (non-hydrogen) atoms. The number of methoxy groups -OCH3 is 1. The number of ether oxygens (including phenoxy) is 2. The van der Waals surface area contributed by atoms with Crippen LogP contribution in [0.5, 0.6) is 5.75 Å². The highest BCUT2D eigenvalue weighted by Crippen LogP contribution is 2.37. The Hall–Kier alpha value is -0.540. The molecule has 0 saturated heterocycles. The van der Waals surface area contributed by atoms with Crippen molar-refractivity contribution in [1.82, 2.24) is 0 Å². The van der Waals surface area contributed by atoms with Crippen molar-refractivity contribution in [3.63, 3.8) is 0 Å². The molecule has 0 N–H and O–H groups in total. The van der Waals surface area contributed by atoms with Gasteiger partial charge in [0.05, 0.1) is 19.3 Å². The molecule has 0 amide bonds. The van der Waals surface area contributed by atoms with E-state index < -0.39 is 0 Å². The maximum Gasteiger partial charge on any atom is 0.118 e. The number of hydrogen-bond donors (Lipinski definition) is 0. The van der Waals surface area contributed by atoms with Gasteiger partial charge in [-0.2, -0.15) is 0 Å². The van der Waals surface area contributed by atoms with E-state index in [4.69, 9.17) is 9.47 Å². The topological polar surface area (TPSA) is 18.5 Å². The van der Waals surface area contributed by atoms with Crippen molar-refractivity contribution in [2.75, 3.05) is 12.4 Å². The molecular weight excluding hydrogens is 304 g/mol. The van der Waals surface area contributed by atoms with Crippen LogP contribution in [0, 0.1) is 5.92 Å². The van der Waals surface area contributed by atoms with Crippen LogP contribution in [0.25, 0.3) is 0 Å². The summed E-state index contributed by atoms with van der Waals surface area (Å²) in [6.07, 6.45) is 4.93. The molecule has 1 aromatic carbocycles. The fourth-order valence-corrected chi connectivity index (χ4v) is 3.53. The summed E-state index contributed by atoms with van der Waals surface area (Å²) >= 11 is 3.65. The van der Waals surface area contributed by atoms with E-state index in [1.54, 1.807) is 7.11 Å². The third-order valence-corrected chi connectivity index (χ3v) is 5.02. The summed E-state index contributed by atoms with van der Waals surface area (Å²) in [7, 11) is 1.69. The molecule has 0 heterocycles. The lowest BCUT2D eigenvalue weighted by Crippen LogP contribution is -2.39. The zero-order valence-corrected chi connectivity index (χ0v) is 13.4. The summed E-state index contributed by atoms with van der Waals surface area (Å²) in [5.41, 5.74) is 1.23. The fourth-order valence-electron chi connectivity index (χ4n) is 2.86. The molecule has 0 spiro atoms. The Morgan fingerprint density at radius 1 is 1.32 bits per heavy atom. The summed E-state index contributed by atoms with van der Waals surface area (Å²) in [6, 6.07) is 8.13. The predicted octanol–water partition coefficient (Wildman–Crippen LogP) is 4.56. The van der Waals surface area contributed by atoms with Gasteiger partial charge in [-0.15, -0.1) is 0 Å². The Morgan fingerprint density at radius 2 is 2.05 bits per heavy atom. The van der Waals surface area contributed by atoms with Gasteiger partial charge in [-0.25, -0.2) is 0 Å². The monoisotopic (exact) mass is 326 g/mol. The third-order valence-electron chi connectivity index (χ3n) is 4.00. The lowest BCUT2D eigenvalue weighted by molar-refractivity contribution is -0.0729. The molecule has 0 aliphatic heterocycles. The van der Waals surface area contributed by atoms with E-state index in [0.717, 1.165) is 23.4 Å². The summed E-state index contributed by atoms with van der Waals surface area (Å²) in [5, 5.41) is 0.931. The molecule has 1 aliphatic rings. The summed E-state index contributed by atoms with van der Waals surface area (Å²) in [4.78, 5) is 0. The van der Waals surface area contributed by atoms with Crippen LogP contribution in [0.3, 0.4) is 0 Å². The maximum absolute atomic E-state index is 6.26. The van der Waals surface area contributed by atoms with E-state index in [0.29, 0.717) is 6.61 Å². The second kappa shape index (κ2) is 6.76. The molecule has 0 radical (unpaired) electrons. The molecule has 0 aromatic heterocycles. The number of halogens is 1. The SMILES string of the molecule is COc1ccc(COC2(CBr)CCCC(C)C2)cc1. The van der Waals surface area contributed by atoms with Gasteiger partial charge in [-0.3, -0.25) is 0 Å². The van der Waals surface area contributed by atoms with Crippen molar-refractivity contribution in [2.24, 2.45) is 5.92 Å². The van der Waals surface area contributed by atoms with Gasteiger partial charge in [-0.05, 0) is 36.5 Å². The van der Waals surface area contributed by atoms with Crippen molar-refractivity contribution in [3.8, 4) is 5.75 Å². The minimum absolute atomic E-state index is 0.0254. The first-order chi connectivity index (χ1) is 9.17. The highest BCUT2D eigenvalue weighted by molar-refractivity contribution is 9.09. The molecule has 0 bridgehead atoms. The second-order valence-electron chi connectivity index (χ2n) is 5.65. The molecule has 1 fully saturated rings. The molecule has 3 heteroatoms. The molecule has 1 saturated carbocycles. The largest absolute Gasteiger partial charge is 0.497 e. The quantitative estimate of drug-likeness (QED) is 0.739. The van der Waals surface area contributed by atoms with Crippen LogP contribution in [0.4, 0.5) is 0 Å². The van der Waals surface area contributed by atoms with Crippen LogP contribution in [0.1, 0.15) is 38.2 Å². The van der Waals surface area contributed by atoms with E-state index in [-0.39, 0.29) is 5.60 Å². The summed E-state index contributed by atoms with van der Waals surface area (Å²) in [6.45, 7) is 3.01. The molecule has 2 atom stereocenters. The van der Waals surface area contributed by atoms with Crippen molar-refractivity contribution < 1.29 is 9.47 Å². The van der Waals surface area contributed by atoms with Gasteiger partial charge in [0.25, 0.3) is 0 Å². The highest BCUT2D eigenvalue weighted by Gasteiger charge is 2.34. The van der Waals surface area contributed by atoms with Gasteiger partial charge in [0.2, 0.25) is 0 Å². The van der Waals surface area contributed by atoms with Crippen LogP contribution >= 0.6 is 15.9 Å². The fraction of sp³-hybridized carbons (Fsp3) is 0.625. The van der Waals surface area contributed by atoms with Crippen molar-refractivity contribution >= 4 is 15.9 Å². The van der Waals surface area contributed by atoms with E-state index in [9.17, 15) is 0 Å². The number of benzene rings is 1. The van der Waals surface area contributed by atoms with E-state index in [1.807, 2.05) is 12.1 Å². The van der Waals surface area contributed by atoms with Crippen molar-refractivity contribution in [3.05, 3.63) is 29.8 Å². The molecule has 2 nitrogen and oxygen atoms in total. The first kappa shape index (κ1) is 14.9. The van der Waals surface area contributed by atoms with Crippen LogP contribution in [-0.2, 0) is 11.3 Å². The van der Waals surface area contributed by atoms with E-state index in [2.05, 4.69) is 35.0 Å². The van der Waals surface area contributed by atoms with Crippen molar-refractivity contribution in [2.45, 2.75) is 44.8 Å². The Morgan fingerprint density at radius 3 is 2.63 bits per heavy atom. The standard InChI is InChI=1S/C16H23BrO2/c1-13-4-3-9-16(10-13,12-17)19-11-14-5-7-15(18-2)8-6-14/h5-8,13H,3-4,9-12H2,1-2H3. The average Bonchev–Trinajstić information content (AvgIpc) is 2.46. The third kappa shape index (κ3) is 3.96. The van der Waals surface area contributed by atoms with E-state index in [1.165, 1.54) is 24.8 Å². The van der Waals surface area contributed by atoms with Gasteiger partial charge < -0.3 is 9.47 Å². The summed E-state index contributed by atoms with van der Waals surface area (Å²) < 4.78 is 11.4. The lowest BCUT2D eigenvalue weighted by atomic mass is 9.80. The molecule has 2 rings (SSSR count). The van der Waals surface area contributed by atoms with Gasteiger partial charge in [-0.1, -0.05) is 47.8 Å². The number of rotatable bonds is 5. The minimum Gasteiger partial charge on any atom is -0.497 e. The predicted molar refractivity (Wildman–Crippen MR) is 81.9 cm³/mol. The maximum atomic E-state index is 6.26. The Balaban J connectivity index is 1.95. The Bertz CT molecular complexity index is 390. The number of alkyl halides is 1. The lowest BCUT2D eigenvalue weighted by Gasteiger charge is -2.38. The molecule has 2 unspecified atom stereocenters. The smallest absolute Gasteiger partial charge is 0.118 e. The first-order valence-electron chi connectivity index (χ1n) is 7.00. The van der Waals surface area contributed by atoms with Gasteiger partial charge >= 0.3 is 0 Å². The van der Waals surface area contributed by atoms with E-state index >= 15 is 0 Å². The zero-order chi connectivity index (χ0) is 13.7. The van der Waals surface area contributed by atoms with Gasteiger partial charge in [0, 0.05) is 5.33 Å². The van der Waals surface area contributed by atoms with Crippen LogP contribution < -0.4 is 4.74 Å². The molecular formula is C16H23BrO2. The number of hydrogen-bond acceptors (Lipinski definition) is 2. The van der Waals surface area contributed by atoms with Gasteiger partial charge in [0.1, 0.15) is 5.75 Å². The summed E-state index contributed by atoms with van der Waals surface area (Å²) in [5.74, 6) is 1.66.